The first kappa shape index (κ1) is 22.0. The minimum atomic E-state index is -0.540. The highest BCUT2D eigenvalue weighted by Gasteiger charge is 2.60. The van der Waals surface area contributed by atoms with E-state index in [2.05, 4.69) is 10.5 Å². The number of hydrazone groups is 1. The Balaban J connectivity index is 1.57. The number of nitrogens with zero attached hydrogens (tertiary/aromatic N) is 2. The number of nitro benzene ring substituents is 1. The number of carbonyl (C=O) groups excluding carboxylic acids is 1. The van der Waals surface area contributed by atoms with E-state index in [0.717, 1.165) is 11.1 Å². The van der Waals surface area contributed by atoms with Crippen LogP contribution in [0.2, 0.25) is 0 Å². The number of nitrogens with one attached hydrogen (secondary N) is 1. The Kier molecular flexibility index (Phi) is 6.08. The number of methoxy groups -OCH3 is 2. The molecule has 1 saturated carbocycles. The summed E-state index contributed by atoms with van der Waals surface area (Å²) in [5.74, 6) is 0.00559. The fourth-order valence-electron chi connectivity index (χ4n) is 4.24. The van der Waals surface area contributed by atoms with Gasteiger partial charge in [-0.2, -0.15) is 5.10 Å². The molecule has 0 aliphatic heterocycles. The third-order valence-electron chi connectivity index (χ3n) is 5.96. The number of rotatable bonds is 8. The van der Waals surface area contributed by atoms with Crippen molar-refractivity contribution in [1.82, 2.24) is 5.43 Å². The summed E-state index contributed by atoms with van der Waals surface area (Å²) in [6, 6.07) is 22.5. The number of nitro groups is 1. The molecule has 33 heavy (non-hydrogen) atoms. The Morgan fingerprint density at radius 3 is 2.09 bits per heavy atom. The fourth-order valence-corrected chi connectivity index (χ4v) is 4.24. The maximum atomic E-state index is 13.0. The van der Waals surface area contributed by atoms with E-state index in [9.17, 15) is 14.9 Å². The molecule has 1 fully saturated rings. The molecular weight excluding hydrogens is 422 g/mol. The lowest BCUT2D eigenvalue weighted by atomic mass is 9.85. The summed E-state index contributed by atoms with van der Waals surface area (Å²) in [6.45, 7) is 0. The first-order chi connectivity index (χ1) is 16.0. The zero-order chi connectivity index (χ0) is 23.4. The summed E-state index contributed by atoms with van der Waals surface area (Å²) in [5, 5.41) is 15.5. The average molecular weight is 445 g/mol. The third-order valence-corrected chi connectivity index (χ3v) is 5.96. The van der Waals surface area contributed by atoms with E-state index in [4.69, 9.17) is 9.47 Å². The van der Waals surface area contributed by atoms with Gasteiger partial charge in [-0.3, -0.25) is 14.9 Å². The van der Waals surface area contributed by atoms with Gasteiger partial charge >= 0.3 is 0 Å². The Hall–Kier alpha value is -4.20. The smallest absolute Gasteiger partial charge is 0.282 e. The van der Waals surface area contributed by atoms with Crippen molar-refractivity contribution in [1.29, 1.82) is 0 Å². The SMILES string of the molecule is COc1cc(/C=N/NC(=O)C2CC2(c2ccccc2)c2ccccc2)c([N+](=O)[O-])cc1OC. The fraction of sp³-hybridized carbons (Fsp3) is 0.200. The monoisotopic (exact) mass is 445 g/mol. The molecule has 1 N–H and O–H groups in total. The second kappa shape index (κ2) is 9.12. The topological polar surface area (TPSA) is 103 Å². The quantitative estimate of drug-likeness (QED) is 0.320. The maximum absolute atomic E-state index is 13.0. The summed E-state index contributed by atoms with van der Waals surface area (Å²) in [6.07, 6.45) is 1.89. The molecule has 0 heterocycles. The number of amides is 1. The number of hydrogen-bond acceptors (Lipinski definition) is 6. The lowest BCUT2D eigenvalue weighted by Crippen LogP contribution is -2.25. The van der Waals surface area contributed by atoms with E-state index in [1.807, 2.05) is 60.7 Å². The van der Waals surface area contributed by atoms with Crippen LogP contribution in [0.4, 0.5) is 5.69 Å². The van der Waals surface area contributed by atoms with Crippen molar-refractivity contribution in [3.05, 3.63) is 99.6 Å². The van der Waals surface area contributed by atoms with E-state index < -0.39 is 10.3 Å². The molecule has 1 atom stereocenters. The second-order valence-electron chi connectivity index (χ2n) is 7.72. The molecular formula is C25H23N3O5. The highest BCUT2D eigenvalue weighted by atomic mass is 16.6. The molecule has 8 heteroatoms. The summed E-state index contributed by atoms with van der Waals surface area (Å²) in [4.78, 5) is 23.9. The van der Waals surface area contributed by atoms with Gasteiger partial charge in [0.25, 0.3) is 5.69 Å². The van der Waals surface area contributed by atoms with E-state index >= 15 is 0 Å². The lowest BCUT2D eigenvalue weighted by molar-refractivity contribution is -0.385. The molecule has 3 aromatic rings. The van der Waals surface area contributed by atoms with Crippen LogP contribution in [0.15, 0.2) is 77.9 Å². The molecule has 1 amide bonds. The third kappa shape index (κ3) is 4.15. The molecule has 8 nitrogen and oxygen atoms in total. The summed E-state index contributed by atoms with van der Waals surface area (Å²) in [5.41, 5.74) is 4.25. The first-order valence-corrected chi connectivity index (χ1v) is 10.4. The standard InChI is InChI=1S/C25H23N3O5/c1-32-22-13-17(21(28(30)31)14-23(22)33-2)16-26-27-24(29)20-15-25(20,18-9-5-3-6-10-18)19-11-7-4-8-12-19/h3-14,16,20H,15H2,1-2H3,(H,27,29)/b26-16+. The number of carbonyl (C=O) groups is 1. The molecule has 1 aliphatic rings. The first-order valence-electron chi connectivity index (χ1n) is 10.4. The van der Waals surface area contributed by atoms with E-state index in [1.165, 1.54) is 32.6 Å². The minimum Gasteiger partial charge on any atom is -0.493 e. The molecule has 0 saturated heterocycles. The number of ether oxygens (including phenoxy) is 2. The van der Waals surface area contributed by atoms with Crippen LogP contribution in [-0.4, -0.2) is 31.3 Å². The van der Waals surface area contributed by atoms with Crippen LogP contribution >= 0.6 is 0 Å². The van der Waals surface area contributed by atoms with Crippen molar-refractivity contribution in [3.63, 3.8) is 0 Å². The molecule has 0 aromatic heterocycles. The largest absolute Gasteiger partial charge is 0.493 e. The minimum absolute atomic E-state index is 0.186. The highest BCUT2D eigenvalue weighted by molar-refractivity contribution is 5.90. The molecule has 4 rings (SSSR count). The number of benzene rings is 3. The zero-order valence-corrected chi connectivity index (χ0v) is 18.2. The molecule has 0 bridgehead atoms. The summed E-state index contributed by atoms with van der Waals surface area (Å²) in [7, 11) is 2.84. The van der Waals surface area contributed by atoms with Crippen LogP contribution in [0.5, 0.6) is 11.5 Å². The molecule has 1 unspecified atom stereocenters. The van der Waals surface area contributed by atoms with E-state index in [0.29, 0.717) is 12.2 Å². The van der Waals surface area contributed by atoms with Gasteiger partial charge in [0.15, 0.2) is 11.5 Å². The predicted molar refractivity (Wildman–Crippen MR) is 124 cm³/mol. The second-order valence-corrected chi connectivity index (χ2v) is 7.72. The van der Waals surface area contributed by atoms with Crippen LogP contribution in [0.3, 0.4) is 0 Å². The van der Waals surface area contributed by atoms with Gasteiger partial charge in [-0.05, 0) is 23.6 Å². The molecule has 1 aliphatic carbocycles. The number of hydrogen-bond donors (Lipinski definition) is 1. The molecule has 0 radical (unpaired) electrons. The summed E-state index contributed by atoms with van der Waals surface area (Å²) >= 11 is 0. The maximum Gasteiger partial charge on any atom is 0.282 e. The Morgan fingerprint density at radius 2 is 1.58 bits per heavy atom. The lowest BCUT2D eigenvalue weighted by Gasteiger charge is -2.18. The Morgan fingerprint density at radius 1 is 1.03 bits per heavy atom. The van der Waals surface area contributed by atoms with Crippen LogP contribution in [0.1, 0.15) is 23.1 Å². The Bertz CT molecular complexity index is 1160. The van der Waals surface area contributed by atoms with Crippen LogP contribution in [0, 0.1) is 16.0 Å². The van der Waals surface area contributed by atoms with Gasteiger partial charge in [-0.15, -0.1) is 0 Å². The predicted octanol–water partition coefficient (Wildman–Crippen LogP) is 4.07. The van der Waals surface area contributed by atoms with E-state index in [1.54, 1.807) is 0 Å². The van der Waals surface area contributed by atoms with Gasteiger partial charge in [0.05, 0.1) is 42.9 Å². The van der Waals surface area contributed by atoms with Gasteiger partial charge in [0.2, 0.25) is 5.91 Å². The van der Waals surface area contributed by atoms with Crippen LogP contribution in [-0.2, 0) is 10.2 Å². The van der Waals surface area contributed by atoms with Crippen LogP contribution < -0.4 is 14.9 Å². The Labute approximate surface area is 191 Å². The van der Waals surface area contributed by atoms with Gasteiger partial charge in [0, 0.05) is 5.41 Å². The van der Waals surface area contributed by atoms with Crippen molar-refractivity contribution in [3.8, 4) is 11.5 Å². The van der Waals surface area contributed by atoms with E-state index in [-0.39, 0.29) is 28.8 Å². The van der Waals surface area contributed by atoms with Gasteiger partial charge in [-0.1, -0.05) is 60.7 Å². The van der Waals surface area contributed by atoms with Gasteiger partial charge in [-0.25, -0.2) is 5.43 Å². The molecule has 168 valence electrons. The van der Waals surface area contributed by atoms with Gasteiger partial charge < -0.3 is 9.47 Å². The molecule has 0 spiro atoms. The van der Waals surface area contributed by atoms with Crippen LogP contribution in [0.25, 0.3) is 0 Å². The normalized spacial score (nSPS) is 16.2. The van der Waals surface area contributed by atoms with Crippen molar-refractivity contribution in [2.24, 2.45) is 11.0 Å². The highest BCUT2D eigenvalue weighted by Crippen LogP contribution is 2.58. The van der Waals surface area contributed by atoms with Crippen molar-refractivity contribution >= 4 is 17.8 Å². The van der Waals surface area contributed by atoms with Gasteiger partial charge in [0.1, 0.15) is 0 Å². The average Bonchev–Trinajstić information content (AvgIpc) is 3.62. The van der Waals surface area contributed by atoms with Crippen molar-refractivity contribution in [2.75, 3.05) is 14.2 Å². The van der Waals surface area contributed by atoms with Crippen molar-refractivity contribution in [2.45, 2.75) is 11.8 Å². The zero-order valence-electron chi connectivity index (χ0n) is 18.2. The molecule has 3 aromatic carbocycles. The summed E-state index contributed by atoms with van der Waals surface area (Å²) < 4.78 is 10.3. The van der Waals surface area contributed by atoms with Crippen molar-refractivity contribution < 1.29 is 19.2 Å².